The number of nitrogens with one attached hydrogen (secondary N) is 1. The Hall–Kier alpha value is -1.67. The molecule has 0 aromatic carbocycles. The summed E-state index contributed by atoms with van der Waals surface area (Å²) in [5, 5.41) is 12.2. The van der Waals surface area contributed by atoms with E-state index in [0.717, 1.165) is 13.1 Å². The number of ether oxygens (including phenoxy) is 1. The summed E-state index contributed by atoms with van der Waals surface area (Å²) in [6.45, 7) is 2.01. The van der Waals surface area contributed by atoms with Crippen molar-refractivity contribution in [3.05, 3.63) is 18.1 Å². The SMILES string of the molecule is N#Cc1nccnc1OC1[C@@H]2CNC[C@H]1C2. The van der Waals surface area contributed by atoms with Gasteiger partial charge in [-0.2, -0.15) is 5.26 Å². The largest absolute Gasteiger partial charge is 0.472 e. The molecule has 1 aliphatic carbocycles. The van der Waals surface area contributed by atoms with Crippen molar-refractivity contribution in [3.8, 4) is 11.9 Å². The Morgan fingerprint density at radius 3 is 2.75 bits per heavy atom. The zero-order valence-electron chi connectivity index (χ0n) is 8.76. The number of aromatic nitrogens is 2. The standard InChI is InChI=1S/C11H12N4O/c12-4-9-11(15-2-1-14-9)16-10-7-3-8(10)6-13-5-7/h1-2,7-8,10,13H,3,5-6H2/t7-,8+,10?. The lowest BCUT2D eigenvalue weighted by atomic mass is 9.69. The number of hydrogen-bond donors (Lipinski definition) is 1. The molecule has 3 atom stereocenters. The summed E-state index contributed by atoms with van der Waals surface area (Å²) < 4.78 is 5.80. The van der Waals surface area contributed by atoms with Crippen molar-refractivity contribution >= 4 is 0 Å². The van der Waals surface area contributed by atoms with Crippen molar-refractivity contribution in [2.75, 3.05) is 13.1 Å². The minimum atomic E-state index is 0.213. The van der Waals surface area contributed by atoms with E-state index in [0.29, 0.717) is 17.7 Å². The van der Waals surface area contributed by atoms with Gasteiger partial charge in [-0.1, -0.05) is 0 Å². The molecule has 2 bridgehead atoms. The van der Waals surface area contributed by atoms with Crippen LogP contribution in [0.15, 0.2) is 12.4 Å². The molecule has 16 heavy (non-hydrogen) atoms. The van der Waals surface area contributed by atoms with Crippen LogP contribution in [0.25, 0.3) is 0 Å². The molecule has 2 aliphatic rings. The number of fused-ring (bicyclic) bond motifs is 2. The van der Waals surface area contributed by atoms with E-state index in [2.05, 4.69) is 15.3 Å². The van der Waals surface area contributed by atoms with E-state index < -0.39 is 0 Å². The number of rotatable bonds is 2. The second-order valence-corrected chi connectivity index (χ2v) is 4.32. The normalized spacial score (nSPS) is 31.3. The second-order valence-electron chi connectivity index (χ2n) is 4.32. The lowest BCUT2D eigenvalue weighted by Crippen LogP contribution is -2.59. The maximum Gasteiger partial charge on any atom is 0.251 e. The van der Waals surface area contributed by atoms with E-state index in [1.165, 1.54) is 12.6 Å². The Morgan fingerprint density at radius 1 is 1.31 bits per heavy atom. The van der Waals surface area contributed by atoms with Crippen LogP contribution < -0.4 is 10.1 Å². The number of nitrogens with zero attached hydrogens (tertiary/aromatic N) is 3. The van der Waals surface area contributed by atoms with Crippen LogP contribution in [-0.2, 0) is 0 Å². The van der Waals surface area contributed by atoms with E-state index in [-0.39, 0.29) is 11.8 Å². The van der Waals surface area contributed by atoms with Crippen LogP contribution in [-0.4, -0.2) is 29.2 Å². The zero-order valence-corrected chi connectivity index (χ0v) is 8.76. The molecule has 1 aliphatic heterocycles. The number of nitriles is 1. The van der Waals surface area contributed by atoms with E-state index in [1.807, 2.05) is 6.07 Å². The van der Waals surface area contributed by atoms with Crippen molar-refractivity contribution in [2.24, 2.45) is 11.8 Å². The Balaban J connectivity index is 1.77. The molecule has 3 rings (SSSR count). The molecule has 0 amide bonds. The van der Waals surface area contributed by atoms with Gasteiger partial charge in [0.15, 0.2) is 0 Å². The topological polar surface area (TPSA) is 70.8 Å². The second kappa shape index (κ2) is 3.72. The molecule has 2 heterocycles. The summed E-state index contributed by atoms with van der Waals surface area (Å²) in [5.74, 6) is 1.51. The fraction of sp³-hybridized carbons (Fsp3) is 0.545. The third kappa shape index (κ3) is 1.42. The lowest BCUT2D eigenvalue weighted by Gasteiger charge is -2.48. The Morgan fingerprint density at radius 2 is 2.06 bits per heavy atom. The van der Waals surface area contributed by atoms with Gasteiger partial charge in [0.05, 0.1) is 0 Å². The molecule has 0 spiro atoms. The first-order valence-corrected chi connectivity index (χ1v) is 5.47. The minimum Gasteiger partial charge on any atom is -0.472 e. The lowest BCUT2D eigenvalue weighted by molar-refractivity contribution is -0.0473. The average molecular weight is 216 g/mol. The van der Waals surface area contributed by atoms with Gasteiger partial charge in [-0.15, -0.1) is 0 Å². The van der Waals surface area contributed by atoms with E-state index >= 15 is 0 Å². The third-order valence-electron chi connectivity index (χ3n) is 3.37. The molecule has 1 aromatic heterocycles. The highest BCUT2D eigenvalue weighted by Crippen LogP contribution is 2.39. The van der Waals surface area contributed by atoms with Gasteiger partial charge < -0.3 is 10.1 Å². The number of piperidine rings is 2. The first-order chi connectivity index (χ1) is 7.88. The molecule has 2 fully saturated rings. The van der Waals surface area contributed by atoms with Gasteiger partial charge in [-0.05, 0) is 6.42 Å². The molecule has 5 nitrogen and oxygen atoms in total. The van der Waals surface area contributed by atoms with Crippen LogP contribution in [0.5, 0.6) is 5.88 Å². The van der Waals surface area contributed by atoms with Gasteiger partial charge in [0.1, 0.15) is 12.2 Å². The van der Waals surface area contributed by atoms with Gasteiger partial charge >= 0.3 is 0 Å². The highest BCUT2D eigenvalue weighted by atomic mass is 16.5. The van der Waals surface area contributed by atoms with E-state index in [4.69, 9.17) is 10.00 Å². The molecule has 1 saturated carbocycles. The van der Waals surface area contributed by atoms with Crippen molar-refractivity contribution in [1.29, 1.82) is 5.26 Å². The zero-order chi connectivity index (χ0) is 11.0. The Kier molecular flexibility index (Phi) is 2.22. The molecule has 5 heteroatoms. The van der Waals surface area contributed by atoms with Gasteiger partial charge in [0.2, 0.25) is 5.69 Å². The van der Waals surface area contributed by atoms with Crippen molar-refractivity contribution in [2.45, 2.75) is 12.5 Å². The van der Waals surface area contributed by atoms with Crippen LogP contribution in [0, 0.1) is 23.2 Å². The summed E-state index contributed by atoms with van der Waals surface area (Å²) in [4.78, 5) is 8.01. The summed E-state index contributed by atoms with van der Waals surface area (Å²) in [5.41, 5.74) is 0.278. The highest BCUT2D eigenvalue weighted by Gasteiger charge is 2.46. The highest BCUT2D eigenvalue weighted by molar-refractivity contribution is 5.30. The maximum atomic E-state index is 8.88. The van der Waals surface area contributed by atoms with E-state index in [1.54, 1.807) is 6.20 Å². The van der Waals surface area contributed by atoms with Crippen molar-refractivity contribution in [1.82, 2.24) is 15.3 Å². The quantitative estimate of drug-likeness (QED) is 0.771. The molecule has 1 saturated heterocycles. The van der Waals surface area contributed by atoms with Crippen LogP contribution in [0.1, 0.15) is 12.1 Å². The van der Waals surface area contributed by atoms with Gasteiger partial charge in [0, 0.05) is 37.3 Å². The first kappa shape index (κ1) is 9.55. The molecule has 1 aromatic rings. The molecular weight excluding hydrogens is 204 g/mol. The minimum absolute atomic E-state index is 0.213. The van der Waals surface area contributed by atoms with Crippen LogP contribution in [0.2, 0.25) is 0 Å². The molecule has 82 valence electrons. The fourth-order valence-corrected chi connectivity index (χ4v) is 2.51. The van der Waals surface area contributed by atoms with Crippen molar-refractivity contribution < 1.29 is 4.74 Å². The predicted molar refractivity (Wildman–Crippen MR) is 55.6 cm³/mol. The van der Waals surface area contributed by atoms with E-state index in [9.17, 15) is 0 Å². The number of hydrogen-bond acceptors (Lipinski definition) is 5. The summed E-state index contributed by atoms with van der Waals surface area (Å²) >= 11 is 0. The first-order valence-electron chi connectivity index (χ1n) is 5.47. The molecule has 1 unspecified atom stereocenters. The fourth-order valence-electron chi connectivity index (χ4n) is 2.51. The van der Waals surface area contributed by atoms with Gasteiger partial charge in [-0.3, -0.25) is 0 Å². The molecular formula is C11H12N4O. The van der Waals surface area contributed by atoms with Crippen molar-refractivity contribution in [3.63, 3.8) is 0 Å². The monoisotopic (exact) mass is 216 g/mol. The maximum absolute atomic E-state index is 8.88. The summed E-state index contributed by atoms with van der Waals surface area (Å²) in [6, 6.07) is 2.00. The Bertz CT molecular complexity index is 428. The summed E-state index contributed by atoms with van der Waals surface area (Å²) in [7, 11) is 0. The molecule has 1 N–H and O–H groups in total. The smallest absolute Gasteiger partial charge is 0.251 e. The molecule has 0 radical (unpaired) electrons. The van der Waals surface area contributed by atoms with Gasteiger partial charge in [0.25, 0.3) is 5.88 Å². The van der Waals surface area contributed by atoms with Crippen LogP contribution >= 0.6 is 0 Å². The average Bonchev–Trinajstić information content (AvgIpc) is 2.37. The predicted octanol–water partition coefficient (Wildman–Crippen LogP) is 0.335. The van der Waals surface area contributed by atoms with Crippen LogP contribution in [0.3, 0.4) is 0 Å². The van der Waals surface area contributed by atoms with Crippen LogP contribution in [0.4, 0.5) is 0 Å². The van der Waals surface area contributed by atoms with Gasteiger partial charge in [-0.25, -0.2) is 9.97 Å². The Labute approximate surface area is 93.5 Å². The third-order valence-corrected chi connectivity index (χ3v) is 3.37. The summed E-state index contributed by atoms with van der Waals surface area (Å²) in [6.07, 6.45) is 4.50.